The summed E-state index contributed by atoms with van der Waals surface area (Å²) in [6.45, 7) is 9.92. The number of hydrazine groups is 1. The van der Waals surface area contributed by atoms with Crippen molar-refractivity contribution in [3.8, 4) is 0 Å². The molecule has 382 valence electrons. The second-order valence-corrected chi connectivity index (χ2v) is 21.6. The van der Waals surface area contributed by atoms with E-state index >= 15 is 0 Å². The van der Waals surface area contributed by atoms with Crippen LogP contribution in [0, 0.1) is 11.3 Å². The highest BCUT2D eigenvalue weighted by molar-refractivity contribution is 6.67. The average molecular weight is 1050 g/mol. The number of hydrogen-bond acceptors (Lipinski definition) is 10. The summed E-state index contributed by atoms with van der Waals surface area (Å²) in [5.74, 6) is -3.09. The monoisotopic (exact) mass is 1050 g/mol. The molecule has 14 nitrogen and oxygen atoms in total. The Morgan fingerprint density at radius 1 is 0.836 bits per heavy atom. The lowest BCUT2D eigenvalue weighted by Gasteiger charge is -2.37. The molecule has 3 N–H and O–H groups in total. The minimum Gasteiger partial charge on any atom is -0.460 e. The zero-order valence-corrected chi connectivity index (χ0v) is 43.8. The number of nitrogens with one attached hydrogen (secondary N) is 3. The SMILES string of the molecule is CC(=O)O[C@H](C)c1ccc2ccc(C=CC(C)(C)C(=O)NC(C(=O)NC(Cc3cn(C(c4ccccc4)(c4ccccc4)c4ccccc4)cn3)C(=O)N3CCCC(C(=O)OCC(Cl)(Cl)Cl)N3)C(C)C)cc2n1. The fourth-order valence-electron chi connectivity index (χ4n) is 8.90. The summed E-state index contributed by atoms with van der Waals surface area (Å²) < 4.78 is 10.8. The molecule has 0 bridgehead atoms. The maximum Gasteiger partial charge on any atom is 0.325 e. The first-order valence-corrected chi connectivity index (χ1v) is 25.3. The number of carbonyl (C=O) groups excluding carboxylic acids is 5. The maximum absolute atomic E-state index is 14.8. The van der Waals surface area contributed by atoms with Crippen molar-refractivity contribution < 1.29 is 33.4 Å². The lowest BCUT2D eigenvalue weighted by Crippen LogP contribution is -2.62. The molecule has 4 atom stereocenters. The van der Waals surface area contributed by atoms with Gasteiger partial charge in [-0.2, -0.15) is 0 Å². The first-order valence-electron chi connectivity index (χ1n) is 24.1. The van der Waals surface area contributed by atoms with Crippen molar-refractivity contribution in [3.63, 3.8) is 0 Å². The Bertz CT molecular complexity index is 2830. The Balaban J connectivity index is 1.17. The molecular formula is C56H60Cl3N7O7. The van der Waals surface area contributed by atoms with Crippen molar-refractivity contribution in [1.29, 1.82) is 0 Å². The number of carbonyl (C=O) groups is 5. The van der Waals surface area contributed by atoms with Gasteiger partial charge in [0.2, 0.25) is 15.6 Å². The van der Waals surface area contributed by atoms with E-state index in [9.17, 15) is 24.0 Å². The first-order chi connectivity index (χ1) is 34.7. The molecular weight excluding hydrogens is 989 g/mol. The first kappa shape index (κ1) is 54.2. The van der Waals surface area contributed by atoms with E-state index in [1.165, 1.54) is 11.9 Å². The van der Waals surface area contributed by atoms with Gasteiger partial charge in [0.1, 0.15) is 36.4 Å². The molecule has 7 rings (SSSR count). The number of hydrogen-bond donors (Lipinski definition) is 3. The number of fused-ring (bicyclic) bond motifs is 1. The third kappa shape index (κ3) is 13.3. The van der Waals surface area contributed by atoms with Gasteiger partial charge in [-0.05, 0) is 73.9 Å². The topological polar surface area (TPSA) is 174 Å². The minimum atomic E-state index is -1.83. The average Bonchev–Trinajstić information content (AvgIpc) is 3.84. The number of pyridine rings is 1. The summed E-state index contributed by atoms with van der Waals surface area (Å²) in [5.41, 5.74) is 6.42. The Labute approximate surface area is 440 Å². The van der Waals surface area contributed by atoms with Crippen LogP contribution in [0.15, 0.2) is 140 Å². The number of halogens is 3. The largest absolute Gasteiger partial charge is 0.460 e. The van der Waals surface area contributed by atoms with Crippen molar-refractivity contribution in [2.75, 3.05) is 13.2 Å². The number of imidazole rings is 1. The lowest BCUT2D eigenvalue weighted by molar-refractivity contribution is -0.153. The van der Waals surface area contributed by atoms with E-state index < -0.39 is 81.2 Å². The molecule has 1 aliphatic heterocycles. The Hall–Kier alpha value is -6.58. The number of benzene rings is 4. The van der Waals surface area contributed by atoms with Crippen LogP contribution in [0.1, 0.15) is 94.1 Å². The number of ether oxygens (including phenoxy) is 2. The predicted molar refractivity (Wildman–Crippen MR) is 283 cm³/mol. The van der Waals surface area contributed by atoms with Crippen LogP contribution in [0.3, 0.4) is 0 Å². The van der Waals surface area contributed by atoms with Crippen LogP contribution in [-0.4, -0.2) is 84.3 Å². The van der Waals surface area contributed by atoms with Crippen molar-refractivity contribution >= 4 is 81.4 Å². The zero-order chi connectivity index (χ0) is 52.5. The van der Waals surface area contributed by atoms with Gasteiger partial charge < -0.3 is 24.7 Å². The van der Waals surface area contributed by atoms with E-state index in [0.29, 0.717) is 29.7 Å². The maximum atomic E-state index is 14.8. The molecule has 6 aromatic rings. The molecule has 0 saturated carbocycles. The number of aromatic nitrogens is 3. The van der Waals surface area contributed by atoms with Gasteiger partial charge in [0, 0.05) is 31.5 Å². The predicted octanol–water partition coefficient (Wildman–Crippen LogP) is 9.21. The van der Waals surface area contributed by atoms with Gasteiger partial charge in [0.25, 0.3) is 5.91 Å². The minimum absolute atomic E-state index is 0.0651. The lowest BCUT2D eigenvalue weighted by atomic mass is 9.77. The van der Waals surface area contributed by atoms with E-state index in [-0.39, 0.29) is 13.0 Å². The van der Waals surface area contributed by atoms with E-state index in [1.54, 1.807) is 47.0 Å². The summed E-state index contributed by atoms with van der Waals surface area (Å²) in [5, 5.41) is 8.13. The molecule has 3 heterocycles. The second-order valence-electron chi connectivity index (χ2n) is 19.1. The fraction of sp³-hybridized carbons (Fsp3) is 0.339. The van der Waals surface area contributed by atoms with Gasteiger partial charge in [-0.1, -0.05) is 170 Å². The molecule has 1 aliphatic rings. The van der Waals surface area contributed by atoms with Crippen molar-refractivity contribution in [1.82, 2.24) is 35.6 Å². The fourth-order valence-corrected chi connectivity index (χ4v) is 9.06. The van der Waals surface area contributed by atoms with E-state index in [1.807, 2.05) is 102 Å². The smallest absolute Gasteiger partial charge is 0.325 e. The van der Waals surface area contributed by atoms with Gasteiger partial charge in [-0.25, -0.2) is 15.4 Å². The summed E-state index contributed by atoms with van der Waals surface area (Å²) in [6.07, 6.45) is 7.35. The van der Waals surface area contributed by atoms with Crippen LogP contribution in [0.25, 0.3) is 17.0 Å². The normalized spacial score (nSPS) is 15.6. The second kappa shape index (κ2) is 23.5. The van der Waals surface area contributed by atoms with Crippen LogP contribution in [-0.2, 0) is 45.4 Å². The zero-order valence-electron chi connectivity index (χ0n) is 41.6. The number of alkyl halides is 3. The standard InChI is InChI=1S/C56H60Cl3N7O7/c1-36(2)49(63-53(71)54(5,6)29-28-39-24-25-40-26-27-45(61-47(40)31-39)37(3)73-38(4)67)50(68)62-48(51(69)66-30-16-23-46(64-66)52(70)72-34-55(57,58)59)32-44-33-65(35-60-44)56(41-17-10-7-11-18-41,42-19-12-8-13-20-42)43-21-14-9-15-22-43/h7-15,17-22,24-29,31,33,35-37,46,48-49,64H,16,23,30,32,34H2,1-6H3,(H,62,68)(H,63,71)/t37-,46?,48?,49?/m1/s1. The third-order valence-electron chi connectivity index (χ3n) is 12.8. The number of rotatable bonds is 18. The van der Waals surface area contributed by atoms with Crippen molar-refractivity contribution in [2.24, 2.45) is 11.3 Å². The highest BCUT2D eigenvalue weighted by atomic mass is 35.6. The van der Waals surface area contributed by atoms with Gasteiger partial charge in [-0.15, -0.1) is 0 Å². The Kier molecular flexibility index (Phi) is 17.5. The molecule has 0 aliphatic carbocycles. The Morgan fingerprint density at radius 3 is 2.01 bits per heavy atom. The van der Waals surface area contributed by atoms with E-state index in [2.05, 4.69) is 52.5 Å². The van der Waals surface area contributed by atoms with Gasteiger partial charge in [0.15, 0.2) is 0 Å². The molecule has 1 saturated heterocycles. The molecule has 0 radical (unpaired) electrons. The Morgan fingerprint density at radius 2 is 1.44 bits per heavy atom. The number of amides is 3. The molecule has 1 fully saturated rings. The summed E-state index contributed by atoms with van der Waals surface area (Å²) in [7, 11) is 0. The van der Waals surface area contributed by atoms with E-state index in [4.69, 9.17) is 54.2 Å². The van der Waals surface area contributed by atoms with E-state index in [0.717, 1.165) is 27.6 Å². The van der Waals surface area contributed by atoms with Crippen molar-refractivity contribution in [2.45, 2.75) is 94.4 Å². The molecule has 2 aromatic heterocycles. The molecule has 0 spiro atoms. The van der Waals surface area contributed by atoms with Gasteiger partial charge in [-0.3, -0.25) is 29.0 Å². The molecule has 3 unspecified atom stereocenters. The van der Waals surface area contributed by atoms with Crippen LogP contribution in [0.5, 0.6) is 0 Å². The van der Waals surface area contributed by atoms with Gasteiger partial charge >= 0.3 is 11.9 Å². The number of nitrogens with zero attached hydrogens (tertiary/aromatic N) is 4. The highest BCUT2D eigenvalue weighted by Gasteiger charge is 2.40. The highest BCUT2D eigenvalue weighted by Crippen LogP contribution is 2.41. The molecule has 4 aromatic carbocycles. The summed E-state index contributed by atoms with van der Waals surface area (Å²) in [6, 6.07) is 36.4. The molecule has 73 heavy (non-hydrogen) atoms. The molecule has 17 heteroatoms. The molecule has 3 amide bonds. The van der Waals surface area contributed by atoms with Crippen LogP contribution in [0.4, 0.5) is 0 Å². The quantitative estimate of drug-likeness (QED) is 0.0428. The summed E-state index contributed by atoms with van der Waals surface area (Å²) >= 11 is 17.6. The van der Waals surface area contributed by atoms with Crippen molar-refractivity contribution in [3.05, 3.63) is 174 Å². The number of esters is 2. The third-order valence-corrected chi connectivity index (χ3v) is 13.1. The van der Waals surface area contributed by atoms with Crippen LogP contribution >= 0.6 is 34.8 Å². The summed E-state index contributed by atoms with van der Waals surface area (Å²) in [4.78, 5) is 78.0. The van der Waals surface area contributed by atoms with Crippen LogP contribution in [0.2, 0.25) is 0 Å². The van der Waals surface area contributed by atoms with Gasteiger partial charge in [0.05, 0.1) is 28.6 Å². The van der Waals surface area contributed by atoms with Crippen LogP contribution < -0.4 is 16.1 Å².